The number of carbonyl (C=O) groups is 2. The fourth-order valence-corrected chi connectivity index (χ4v) is 3.67. The molecule has 0 spiro atoms. The number of nitrogens with zero attached hydrogens (tertiary/aromatic N) is 1. The van der Waals surface area contributed by atoms with Crippen molar-refractivity contribution in [1.29, 1.82) is 0 Å². The first kappa shape index (κ1) is 24.6. The van der Waals surface area contributed by atoms with Gasteiger partial charge in [0.15, 0.2) is 0 Å². The van der Waals surface area contributed by atoms with Gasteiger partial charge in [-0.15, -0.1) is 24.8 Å². The van der Waals surface area contributed by atoms with E-state index >= 15 is 0 Å². The predicted octanol–water partition coefficient (Wildman–Crippen LogP) is 2.74. The lowest BCUT2D eigenvalue weighted by molar-refractivity contribution is -0.119. The van der Waals surface area contributed by atoms with Gasteiger partial charge in [0.05, 0.1) is 12.1 Å². The summed E-state index contributed by atoms with van der Waals surface area (Å²) in [5.74, 6) is 0.125. The second-order valence-corrected chi connectivity index (χ2v) is 7.34. The molecular formula is C21H24Cl2N4O4. The van der Waals surface area contributed by atoms with E-state index in [1.165, 1.54) is 0 Å². The van der Waals surface area contributed by atoms with Crippen LogP contribution in [0.4, 0.5) is 5.69 Å². The van der Waals surface area contributed by atoms with Crippen LogP contribution < -0.4 is 21.7 Å². The van der Waals surface area contributed by atoms with Gasteiger partial charge in [-0.2, -0.15) is 5.10 Å². The van der Waals surface area contributed by atoms with Crippen molar-refractivity contribution in [3.8, 4) is 0 Å². The second kappa shape index (κ2) is 10.6. The highest BCUT2D eigenvalue weighted by Gasteiger charge is 2.23. The summed E-state index contributed by atoms with van der Waals surface area (Å²) in [6, 6.07) is 8.74. The molecule has 3 heterocycles. The SMILES string of the molecule is Cc1cc(C2CCCNC2)oc(=O)c1C(=O)Nc1ccc(C2=NNC(=O)C2)cc1.Cl.Cl. The molecule has 2 aliphatic heterocycles. The van der Waals surface area contributed by atoms with Crippen LogP contribution in [0.5, 0.6) is 0 Å². The first-order chi connectivity index (χ1) is 14.0. The van der Waals surface area contributed by atoms with Crippen molar-refractivity contribution in [2.45, 2.75) is 32.1 Å². The Balaban J connectivity index is 0.00000171. The molecule has 2 amide bonds. The summed E-state index contributed by atoms with van der Waals surface area (Å²) in [5.41, 5.74) is 4.38. The number of benzene rings is 1. The number of hydrogen-bond donors (Lipinski definition) is 3. The Hall–Kier alpha value is -2.68. The Labute approximate surface area is 191 Å². The molecule has 0 radical (unpaired) electrons. The molecule has 2 aromatic rings. The van der Waals surface area contributed by atoms with Crippen LogP contribution in [0.25, 0.3) is 0 Å². The van der Waals surface area contributed by atoms with Crippen molar-refractivity contribution in [3.63, 3.8) is 0 Å². The van der Waals surface area contributed by atoms with Gasteiger partial charge in [-0.3, -0.25) is 9.59 Å². The van der Waals surface area contributed by atoms with Crippen molar-refractivity contribution in [2.24, 2.45) is 5.10 Å². The smallest absolute Gasteiger partial charge is 0.349 e. The van der Waals surface area contributed by atoms with Gasteiger partial charge in [-0.1, -0.05) is 12.1 Å². The minimum Gasteiger partial charge on any atom is -0.427 e. The minimum absolute atomic E-state index is 0. The molecule has 0 saturated carbocycles. The van der Waals surface area contributed by atoms with Crippen LogP contribution in [0, 0.1) is 6.92 Å². The molecule has 2 aliphatic rings. The van der Waals surface area contributed by atoms with Crippen LogP contribution in [0.15, 0.2) is 44.6 Å². The lowest BCUT2D eigenvalue weighted by Crippen LogP contribution is -2.30. The van der Waals surface area contributed by atoms with Gasteiger partial charge in [-0.05, 0) is 55.6 Å². The van der Waals surface area contributed by atoms with Crippen LogP contribution in [-0.4, -0.2) is 30.6 Å². The Morgan fingerprint density at radius 1 is 1.19 bits per heavy atom. The van der Waals surface area contributed by atoms with Crippen molar-refractivity contribution in [1.82, 2.24) is 10.7 Å². The molecule has 1 aromatic carbocycles. The monoisotopic (exact) mass is 466 g/mol. The quantitative estimate of drug-likeness (QED) is 0.640. The van der Waals surface area contributed by atoms with E-state index in [2.05, 4.69) is 21.2 Å². The van der Waals surface area contributed by atoms with Gasteiger partial charge < -0.3 is 15.1 Å². The topological polar surface area (TPSA) is 113 Å². The van der Waals surface area contributed by atoms with E-state index in [9.17, 15) is 14.4 Å². The normalized spacial score (nSPS) is 17.6. The highest BCUT2D eigenvalue weighted by molar-refractivity contribution is 6.14. The average Bonchev–Trinajstić information content (AvgIpc) is 3.15. The molecule has 1 saturated heterocycles. The third-order valence-corrected chi connectivity index (χ3v) is 5.21. The molecule has 1 atom stereocenters. The zero-order valence-corrected chi connectivity index (χ0v) is 18.5. The predicted molar refractivity (Wildman–Crippen MR) is 123 cm³/mol. The van der Waals surface area contributed by atoms with E-state index in [1.54, 1.807) is 37.3 Å². The van der Waals surface area contributed by atoms with Crippen LogP contribution >= 0.6 is 24.8 Å². The Bertz CT molecular complexity index is 1040. The first-order valence-electron chi connectivity index (χ1n) is 9.64. The molecule has 166 valence electrons. The van der Waals surface area contributed by atoms with Crippen LogP contribution in [0.1, 0.15) is 52.4 Å². The van der Waals surface area contributed by atoms with Crippen LogP contribution in [0.2, 0.25) is 0 Å². The Morgan fingerprint density at radius 3 is 2.52 bits per heavy atom. The molecule has 4 rings (SSSR count). The number of nitrogens with one attached hydrogen (secondary N) is 3. The molecule has 0 bridgehead atoms. The third-order valence-electron chi connectivity index (χ3n) is 5.21. The minimum atomic E-state index is -0.621. The number of halogens is 2. The van der Waals surface area contributed by atoms with Gasteiger partial charge in [0, 0.05) is 18.2 Å². The van der Waals surface area contributed by atoms with Gasteiger partial charge in [0.1, 0.15) is 11.3 Å². The number of hydrogen-bond acceptors (Lipinski definition) is 6. The van der Waals surface area contributed by atoms with E-state index in [0.29, 0.717) is 22.7 Å². The van der Waals surface area contributed by atoms with Crippen molar-refractivity contribution >= 4 is 48.0 Å². The van der Waals surface area contributed by atoms with Crippen molar-refractivity contribution < 1.29 is 14.0 Å². The highest BCUT2D eigenvalue weighted by atomic mass is 35.5. The number of hydrazone groups is 1. The number of aryl methyl sites for hydroxylation is 1. The summed E-state index contributed by atoms with van der Waals surface area (Å²) in [5, 5.41) is 10.00. The Morgan fingerprint density at radius 2 is 1.94 bits per heavy atom. The molecule has 1 aromatic heterocycles. The Kier molecular flexibility index (Phi) is 8.38. The molecule has 1 unspecified atom stereocenters. The summed E-state index contributed by atoms with van der Waals surface area (Å²) >= 11 is 0. The molecule has 31 heavy (non-hydrogen) atoms. The third kappa shape index (κ3) is 5.52. The largest absolute Gasteiger partial charge is 0.427 e. The van der Waals surface area contributed by atoms with Gasteiger partial charge >= 0.3 is 5.63 Å². The van der Waals surface area contributed by atoms with E-state index in [1.807, 2.05) is 0 Å². The fourth-order valence-electron chi connectivity index (χ4n) is 3.67. The van der Waals surface area contributed by atoms with Crippen molar-refractivity contribution in [3.05, 3.63) is 63.2 Å². The number of rotatable bonds is 4. The summed E-state index contributed by atoms with van der Waals surface area (Å²) in [7, 11) is 0. The lowest BCUT2D eigenvalue weighted by atomic mass is 9.95. The number of amides is 2. The number of carbonyl (C=O) groups excluding carboxylic acids is 2. The number of piperidine rings is 1. The first-order valence-corrected chi connectivity index (χ1v) is 9.64. The average molecular weight is 467 g/mol. The molecule has 8 nitrogen and oxygen atoms in total. The summed E-state index contributed by atoms with van der Waals surface area (Å²) in [6.45, 7) is 3.49. The van der Waals surface area contributed by atoms with E-state index in [-0.39, 0.29) is 48.6 Å². The van der Waals surface area contributed by atoms with Gasteiger partial charge in [0.2, 0.25) is 5.91 Å². The van der Waals surface area contributed by atoms with Gasteiger partial charge in [0.25, 0.3) is 5.91 Å². The second-order valence-electron chi connectivity index (χ2n) is 7.34. The maximum Gasteiger partial charge on any atom is 0.349 e. The van der Waals surface area contributed by atoms with E-state index in [0.717, 1.165) is 31.5 Å². The lowest BCUT2D eigenvalue weighted by Gasteiger charge is -2.22. The van der Waals surface area contributed by atoms with Crippen molar-refractivity contribution in [2.75, 3.05) is 18.4 Å². The van der Waals surface area contributed by atoms with Crippen LogP contribution in [0.3, 0.4) is 0 Å². The van der Waals surface area contributed by atoms with E-state index < -0.39 is 11.5 Å². The maximum atomic E-state index is 12.7. The zero-order chi connectivity index (χ0) is 20.4. The summed E-state index contributed by atoms with van der Waals surface area (Å²) < 4.78 is 5.47. The number of anilines is 1. The standard InChI is InChI=1S/C21H22N4O4.2ClH/c1-12-9-17(14-3-2-8-22-11-14)29-21(28)19(12)20(27)23-15-6-4-13(5-7-15)16-10-18(26)25-24-16;;/h4-7,9,14,22H,2-3,8,10-11H2,1H3,(H,23,27)(H,25,26);2*1H. The van der Waals surface area contributed by atoms with Gasteiger partial charge in [-0.25, -0.2) is 10.2 Å². The summed E-state index contributed by atoms with van der Waals surface area (Å²) in [4.78, 5) is 36.4. The molecule has 1 fully saturated rings. The van der Waals surface area contributed by atoms with Crippen LogP contribution in [-0.2, 0) is 4.79 Å². The van der Waals surface area contributed by atoms with E-state index in [4.69, 9.17) is 4.42 Å². The molecule has 3 N–H and O–H groups in total. The molecular weight excluding hydrogens is 443 g/mol. The summed E-state index contributed by atoms with van der Waals surface area (Å²) in [6.07, 6.45) is 2.22. The highest BCUT2D eigenvalue weighted by Crippen LogP contribution is 2.24. The molecule has 10 heteroatoms. The molecule has 0 aliphatic carbocycles. The fraction of sp³-hybridized carbons (Fsp3) is 0.333. The zero-order valence-electron chi connectivity index (χ0n) is 16.9. The maximum absolute atomic E-state index is 12.7.